The Morgan fingerprint density at radius 3 is 0.852 bits per heavy atom. The first-order chi connectivity index (χ1) is 56.5. The van der Waals surface area contributed by atoms with Crippen molar-refractivity contribution in [1.82, 2.24) is 0 Å². The van der Waals surface area contributed by atoms with Gasteiger partial charge in [0.15, 0.2) is 0 Å². The molecule has 0 bridgehead atoms. The highest BCUT2D eigenvalue weighted by Crippen LogP contribution is 2.49. The van der Waals surface area contributed by atoms with Crippen LogP contribution in [0, 0.1) is 0 Å². The molecule has 4 nitrogen and oxygen atoms in total. The summed E-state index contributed by atoms with van der Waals surface area (Å²) in [6.45, 7) is 0.0738. The fraction of sp³-hybridized carbons (Fsp3) is 0.00917. The second-order valence-electron chi connectivity index (χ2n) is 28.9. The lowest BCUT2D eigenvalue weighted by Gasteiger charge is -2.44. The van der Waals surface area contributed by atoms with Gasteiger partial charge in [-0.1, -0.05) is 347 Å². The Labute approximate surface area is 680 Å². The van der Waals surface area contributed by atoms with Gasteiger partial charge >= 0.3 is 0 Å². The second kappa shape index (κ2) is 32.5. The molecule has 18 aromatic carbocycles. The van der Waals surface area contributed by atoms with Gasteiger partial charge < -0.3 is 19.6 Å². The lowest BCUT2D eigenvalue weighted by Crippen LogP contribution is -2.61. The van der Waals surface area contributed by atoms with Gasteiger partial charge in [0.05, 0.1) is 16.4 Å². The summed E-state index contributed by atoms with van der Waals surface area (Å²) in [5.41, 5.74) is 36.1. The van der Waals surface area contributed by atoms with Crippen molar-refractivity contribution in [2.75, 3.05) is 19.6 Å². The lowest BCUT2D eigenvalue weighted by atomic mass is 9.33. The van der Waals surface area contributed by atoms with Crippen LogP contribution in [0.1, 0.15) is 7.43 Å². The van der Waals surface area contributed by atoms with E-state index in [0.717, 1.165) is 62.2 Å². The Hall–Kier alpha value is -14.5. The van der Waals surface area contributed by atoms with Crippen molar-refractivity contribution < 1.29 is 0 Å². The summed E-state index contributed by atoms with van der Waals surface area (Å²) in [6, 6.07) is 165. The molecule has 18 aromatic rings. The molecular formula is C109H80BClN4. The molecule has 2 heterocycles. The molecule has 0 radical (unpaired) electrons. The van der Waals surface area contributed by atoms with Crippen LogP contribution in [0.3, 0.4) is 0 Å². The molecule has 6 heteroatoms. The predicted molar refractivity (Wildman–Crippen MR) is 492 cm³/mol. The molecule has 0 fully saturated rings. The maximum absolute atomic E-state index is 7.59. The summed E-state index contributed by atoms with van der Waals surface area (Å²) in [6.07, 6.45) is 0. The van der Waals surface area contributed by atoms with Gasteiger partial charge in [0.2, 0.25) is 0 Å². The van der Waals surface area contributed by atoms with Crippen LogP contribution in [-0.4, -0.2) is 6.71 Å². The molecule has 0 unspecified atom stereocenters. The highest BCUT2D eigenvalue weighted by Gasteiger charge is 2.43. The molecule has 0 atom stereocenters. The number of nitrogens with zero attached hydrogens (tertiary/aromatic N) is 4. The van der Waals surface area contributed by atoms with Crippen LogP contribution in [0.5, 0.6) is 0 Å². The SMILES string of the molecule is C.Clc1c(N(c2ccccc2)c2ccccc2)cccc1N(c1ccc(-c2ccccc2)cc1)c1ccc(-c2cccc(-c3cccc(-c4ccccc4)c3)c2)cc1.c1ccc(-c2cccc(-c3cccc(-c4ccc(N5c6ccc(-c7ccccc7)cc6B6c7ccccc7N(c7ccccc7)c7cccc5c76)cc4)c3)c2)cc1. The first-order valence-electron chi connectivity index (χ1n) is 38.9. The molecule has 2 aliphatic heterocycles. The summed E-state index contributed by atoms with van der Waals surface area (Å²) < 4.78 is 0. The summed E-state index contributed by atoms with van der Waals surface area (Å²) in [5, 5.41) is 0.645. The minimum atomic E-state index is 0. The maximum Gasteiger partial charge on any atom is 0.252 e. The average molecular weight is 1490 g/mol. The van der Waals surface area contributed by atoms with Crippen molar-refractivity contribution >= 4 is 103 Å². The van der Waals surface area contributed by atoms with Crippen LogP contribution in [0.25, 0.3) is 89.0 Å². The van der Waals surface area contributed by atoms with Gasteiger partial charge in [-0.25, -0.2) is 0 Å². The molecule has 115 heavy (non-hydrogen) atoms. The normalized spacial score (nSPS) is 11.6. The van der Waals surface area contributed by atoms with Crippen molar-refractivity contribution in [2.24, 2.45) is 0 Å². The van der Waals surface area contributed by atoms with Gasteiger partial charge in [-0.3, -0.25) is 0 Å². The van der Waals surface area contributed by atoms with E-state index in [1.165, 1.54) is 111 Å². The van der Waals surface area contributed by atoms with E-state index < -0.39 is 0 Å². The Kier molecular flexibility index (Phi) is 20.3. The van der Waals surface area contributed by atoms with Crippen LogP contribution in [0.2, 0.25) is 5.02 Å². The lowest BCUT2D eigenvalue weighted by molar-refractivity contribution is 1.25. The zero-order valence-corrected chi connectivity index (χ0v) is 63.4. The Morgan fingerprint density at radius 2 is 0.443 bits per heavy atom. The van der Waals surface area contributed by atoms with Crippen LogP contribution >= 0.6 is 11.6 Å². The number of para-hydroxylation sites is 4. The highest BCUT2D eigenvalue weighted by molar-refractivity contribution is 7.00. The zero-order chi connectivity index (χ0) is 76.1. The Bertz CT molecular complexity index is 6370. The van der Waals surface area contributed by atoms with Gasteiger partial charge in [0, 0.05) is 56.9 Å². The van der Waals surface area contributed by atoms with E-state index in [-0.39, 0.29) is 14.1 Å². The number of rotatable bonds is 16. The van der Waals surface area contributed by atoms with Gasteiger partial charge in [-0.15, -0.1) is 0 Å². The van der Waals surface area contributed by atoms with E-state index in [1.807, 2.05) is 18.2 Å². The van der Waals surface area contributed by atoms with E-state index in [2.05, 4.69) is 462 Å². The van der Waals surface area contributed by atoms with Gasteiger partial charge in [-0.2, -0.15) is 0 Å². The minimum absolute atomic E-state index is 0. The topological polar surface area (TPSA) is 13.0 Å². The first-order valence-corrected chi connectivity index (χ1v) is 39.3. The molecular weight excluding hydrogens is 1410 g/mol. The smallest absolute Gasteiger partial charge is 0.252 e. The third-order valence-corrected chi connectivity index (χ3v) is 22.4. The molecule has 20 rings (SSSR count). The summed E-state index contributed by atoms with van der Waals surface area (Å²) in [7, 11) is 0. The van der Waals surface area contributed by atoms with Crippen molar-refractivity contribution in [3.63, 3.8) is 0 Å². The number of halogens is 1. The van der Waals surface area contributed by atoms with Crippen LogP contribution in [0.15, 0.2) is 461 Å². The molecule has 0 aromatic heterocycles. The Balaban J connectivity index is 0.000000158. The quantitative estimate of drug-likeness (QED) is 0.0894. The molecule has 0 N–H and O–H groups in total. The fourth-order valence-electron chi connectivity index (χ4n) is 16.5. The first kappa shape index (κ1) is 72.1. The van der Waals surface area contributed by atoms with Crippen LogP contribution in [-0.2, 0) is 0 Å². The number of benzene rings is 18. The highest BCUT2D eigenvalue weighted by atomic mass is 35.5. The molecule has 0 saturated heterocycles. The summed E-state index contributed by atoms with van der Waals surface area (Å²) >= 11 is 7.59. The maximum atomic E-state index is 7.59. The summed E-state index contributed by atoms with van der Waals surface area (Å²) in [4.78, 5) is 9.39. The number of fused-ring (bicyclic) bond motifs is 4. The zero-order valence-electron chi connectivity index (χ0n) is 62.6. The third-order valence-electron chi connectivity index (χ3n) is 22.0. The van der Waals surface area contributed by atoms with Gasteiger partial charge in [-0.05, 0) is 239 Å². The van der Waals surface area contributed by atoms with Crippen molar-refractivity contribution in [3.8, 4) is 89.0 Å². The largest absolute Gasteiger partial charge is 0.311 e. The van der Waals surface area contributed by atoms with Gasteiger partial charge in [0.1, 0.15) is 0 Å². The minimum Gasteiger partial charge on any atom is -0.311 e. The second-order valence-corrected chi connectivity index (χ2v) is 29.2. The van der Waals surface area contributed by atoms with E-state index in [0.29, 0.717) is 5.02 Å². The molecule has 0 spiro atoms. The number of hydrogen-bond donors (Lipinski definition) is 0. The predicted octanol–water partition coefficient (Wildman–Crippen LogP) is 29.0. The van der Waals surface area contributed by atoms with Crippen molar-refractivity contribution in [3.05, 3.63) is 466 Å². The van der Waals surface area contributed by atoms with E-state index >= 15 is 0 Å². The summed E-state index contributed by atoms with van der Waals surface area (Å²) in [5.74, 6) is 0. The molecule has 0 saturated carbocycles. The molecule has 0 aliphatic carbocycles. The van der Waals surface area contributed by atoms with Crippen LogP contribution < -0.4 is 36.0 Å². The molecule has 0 amide bonds. The van der Waals surface area contributed by atoms with Crippen molar-refractivity contribution in [1.29, 1.82) is 0 Å². The Morgan fingerprint density at radius 1 is 0.191 bits per heavy atom. The monoisotopic (exact) mass is 1490 g/mol. The third kappa shape index (κ3) is 14.5. The number of anilines is 12. The average Bonchev–Trinajstić information content (AvgIpc) is 0.699. The van der Waals surface area contributed by atoms with E-state index in [1.54, 1.807) is 0 Å². The fourth-order valence-corrected chi connectivity index (χ4v) is 16.8. The van der Waals surface area contributed by atoms with Gasteiger partial charge in [0.25, 0.3) is 6.71 Å². The van der Waals surface area contributed by atoms with Crippen molar-refractivity contribution in [2.45, 2.75) is 7.43 Å². The molecule has 2 aliphatic rings. The number of hydrogen-bond acceptors (Lipinski definition) is 4. The standard InChI is InChI=1S/C54H37BN2.C54H39ClN2.CH4/c1-4-15-38(16-5-1)41-19-12-21-43(35-41)44-22-13-20-42(36-44)40-29-32-47(33-30-40)57-51-34-31-45(39-17-6-2-7-18-39)37-49(51)55-48-25-10-11-26-50(48)56(46-23-8-3-9-24-46)52-27-14-28-53(57)54(52)55;55-54-52(56(48-24-9-3-10-25-48)49-26-11-4-12-27-49)28-15-29-53(54)57(50-34-30-42(31-35-50)40-16-5-1-6-17-40)51-36-32-43(33-37-51)45-21-14-23-47(39-45)46-22-13-20-44(38-46)41-18-7-2-8-19-41;/h1-37H;1-39H;1H4. The van der Waals surface area contributed by atoms with E-state index in [9.17, 15) is 0 Å². The van der Waals surface area contributed by atoms with E-state index in [4.69, 9.17) is 11.6 Å². The van der Waals surface area contributed by atoms with Crippen LogP contribution in [0.4, 0.5) is 68.2 Å². The molecule has 546 valence electrons.